The third-order valence-electron chi connectivity index (χ3n) is 3.92. The van der Waals surface area contributed by atoms with E-state index in [-0.39, 0.29) is 0 Å². The number of benzene rings is 1. The standard InChI is InChI=1S/C18H28N2O2S/c1-5-6-7-8-9-10-17(13-19)20-23(21,22)18-15(3)11-14(2)12-16(18)4/h11-12,17,20H,5-10H2,1-4H3. The first-order valence-electron chi connectivity index (χ1n) is 8.31. The fourth-order valence-electron chi connectivity index (χ4n) is 2.94. The summed E-state index contributed by atoms with van der Waals surface area (Å²) in [5.41, 5.74) is 2.47. The third-order valence-corrected chi connectivity index (χ3v) is 5.70. The predicted octanol–water partition coefficient (Wildman–Crippen LogP) is 4.14. The van der Waals surface area contributed by atoms with Crippen molar-refractivity contribution in [3.8, 4) is 6.07 Å². The van der Waals surface area contributed by atoms with Crippen LogP contribution in [0.2, 0.25) is 0 Å². The number of nitriles is 1. The van der Waals surface area contributed by atoms with Crippen molar-refractivity contribution in [3.63, 3.8) is 0 Å². The lowest BCUT2D eigenvalue weighted by atomic mass is 10.1. The molecule has 1 aromatic carbocycles. The number of aryl methyl sites for hydroxylation is 3. The Kier molecular flexibility index (Phi) is 7.74. The molecule has 1 unspecified atom stereocenters. The van der Waals surface area contributed by atoms with Crippen molar-refractivity contribution >= 4 is 10.0 Å². The molecule has 0 bridgehead atoms. The highest BCUT2D eigenvalue weighted by Crippen LogP contribution is 2.22. The van der Waals surface area contributed by atoms with Gasteiger partial charge in [0.15, 0.2) is 0 Å². The molecule has 1 aromatic rings. The number of sulfonamides is 1. The fourth-order valence-corrected chi connectivity index (χ4v) is 4.57. The van der Waals surface area contributed by atoms with Crippen LogP contribution in [0.3, 0.4) is 0 Å². The van der Waals surface area contributed by atoms with Crippen LogP contribution in [0.25, 0.3) is 0 Å². The first-order chi connectivity index (χ1) is 10.8. The van der Waals surface area contributed by atoms with Gasteiger partial charge in [0.1, 0.15) is 6.04 Å². The van der Waals surface area contributed by atoms with Gasteiger partial charge in [0.2, 0.25) is 10.0 Å². The van der Waals surface area contributed by atoms with Crippen LogP contribution in [0, 0.1) is 32.1 Å². The maximum atomic E-state index is 12.6. The molecule has 5 heteroatoms. The van der Waals surface area contributed by atoms with Gasteiger partial charge in [-0.1, -0.05) is 56.7 Å². The first-order valence-corrected chi connectivity index (χ1v) is 9.80. The molecule has 23 heavy (non-hydrogen) atoms. The normalized spacial score (nSPS) is 12.8. The van der Waals surface area contributed by atoms with Gasteiger partial charge in [-0.3, -0.25) is 0 Å². The van der Waals surface area contributed by atoms with Gasteiger partial charge in [0, 0.05) is 0 Å². The maximum Gasteiger partial charge on any atom is 0.242 e. The Balaban J connectivity index is 2.79. The van der Waals surface area contributed by atoms with Crippen LogP contribution >= 0.6 is 0 Å². The van der Waals surface area contributed by atoms with E-state index in [4.69, 9.17) is 0 Å². The summed E-state index contributed by atoms with van der Waals surface area (Å²) >= 11 is 0. The van der Waals surface area contributed by atoms with Crippen LogP contribution in [0.15, 0.2) is 17.0 Å². The van der Waals surface area contributed by atoms with Crippen LogP contribution in [-0.2, 0) is 10.0 Å². The number of nitrogens with zero attached hydrogens (tertiary/aromatic N) is 1. The molecule has 0 aliphatic carbocycles. The van der Waals surface area contributed by atoms with Crippen LogP contribution in [0.5, 0.6) is 0 Å². The second-order valence-corrected chi connectivity index (χ2v) is 7.88. The molecule has 0 saturated heterocycles. The summed E-state index contributed by atoms with van der Waals surface area (Å²) in [7, 11) is -3.67. The van der Waals surface area contributed by atoms with Crippen molar-refractivity contribution < 1.29 is 8.42 Å². The van der Waals surface area contributed by atoms with Crippen molar-refractivity contribution in [2.24, 2.45) is 0 Å². The van der Waals surface area contributed by atoms with Crippen molar-refractivity contribution in [1.82, 2.24) is 4.72 Å². The van der Waals surface area contributed by atoms with E-state index in [0.29, 0.717) is 11.3 Å². The van der Waals surface area contributed by atoms with Crippen molar-refractivity contribution in [2.45, 2.75) is 77.2 Å². The molecule has 0 spiro atoms. The van der Waals surface area contributed by atoms with E-state index in [9.17, 15) is 13.7 Å². The summed E-state index contributed by atoms with van der Waals surface area (Å²) in [6, 6.07) is 5.12. The predicted molar refractivity (Wildman–Crippen MR) is 93.8 cm³/mol. The minimum atomic E-state index is -3.67. The molecule has 0 aliphatic heterocycles. The first kappa shape index (κ1) is 19.7. The topological polar surface area (TPSA) is 70.0 Å². The Morgan fingerprint density at radius 1 is 1.09 bits per heavy atom. The largest absolute Gasteiger partial charge is 0.242 e. The number of hydrogen-bond donors (Lipinski definition) is 1. The van der Waals surface area contributed by atoms with E-state index in [1.807, 2.05) is 19.1 Å². The number of hydrogen-bond acceptors (Lipinski definition) is 3. The molecule has 128 valence electrons. The van der Waals surface area contributed by atoms with Crippen molar-refractivity contribution in [1.29, 1.82) is 5.26 Å². The van der Waals surface area contributed by atoms with Crippen LogP contribution in [-0.4, -0.2) is 14.5 Å². The molecule has 0 radical (unpaired) electrons. The molecule has 0 saturated carbocycles. The molecule has 1 rings (SSSR count). The highest BCUT2D eigenvalue weighted by molar-refractivity contribution is 7.89. The number of rotatable bonds is 9. The van der Waals surface area contributed by atoms with Crippen molar-refractivity contribution in [3.05, 3.63) is 28.8 Å². The zero-order valence-electron chi connectivity index (χ0n) is 14.6. The Hall–Kier alpha value is -1.38. The monoisotopic (exact) mass is 336 g/mol. The minimum Gasteiger partial charge on any atom is -0.207 e. The Morgan fingerprint density at radius 2 is 1.65 bits per heavy atom. The van der Waals surface area contributed by atoms with E-state index < -0.39 is 16.1 Å². The van der Waals surface area contributed by atoms with Gasteiger partial charge in [-0.15, -0.1) is 0 Å². The van der Waals surface area contributed by atoms with Crippen LogP contribution < -0.4 is 4.72 Å². The molecule has 0 heterocycles. The number of unbranched alkanes of at least 4 members (excludes halogenated alkanes) is 4. The summed E-state index contributed by atoms with van der Waals surface area (Å²) in [4.78, 5) is 0.300. The van der Waals surface area contributed by atoms with Crippen molar-refractivity contribution in [2.75, 3.05) is 0 Å². The second kappa shape index (κ2) is 9.05. The van der Waals surface area contributed by atoms with Gasteiger partial charge in [0.25, 0.3) is 0 Å². The van der Waals surface area contributed by atoms with Gasteiger partial charge in [-0.25, -0.2) is 8.42 Å². The minimum absolute atomic E-state index is 0.300. The van der Waals surface area contributed by atoms with E-state index in [1.165, 1.54) is 12.8 Å². The average Bonchev–Trinajstić information content (AvgIpc) is 2.44. The molecular weight excluding hydrogens is 308 g/mol. The molecule has 1 atom stereocenters. The molecule has 0 amide bonds. The summed E-state index contributed by atoms with van der Waals surface area (Å²) in [6.45, 7) is 7.68. The Bertz CT molecular complexity index is 637. The van der Waals surface area contributed by atoms with E-state index >= 15 is 0 Å². The molecule has 0 aliphatic rings. The van der Waals surface area contributed by atoms with E-state index in [0.717, 1.165) is 36.0 Å². The molecule has 1 N–H and O–H groups in total. The highest BCUT2D eigenvalue weighted by Gasteiger charge is 2.23. The zero-order chi connectivity index (χ0) is 17.5. The molecule has 0 aromatic heterocycles. The molecular formula is C18H28N2O2S. The summed E-state index contributed by atoms with van der Waals surface area (Å²) in [6.07, 6.45) is 5.95. The lowest BCUT2D eigenvalue weighted by Crippen LogP contribution is -2.34. The average molecular weight is 337 g/mol. The van der Waals surface area contributed by atoms with Gasteiger partial charge in [0.05, 0.1) is 11.0 Å². The highest BCUT2D eigenvalue weighted by atomic mass is 32.2. The molecule has 4 nitrogen and oxygen atoms in total. The van der Waals surface area contributed by atoms with E-state index in [2.05, 4.69) is 17.7 Å². The zero-order valence-corrected chi connectivity index (χ0v) is 15.5. The summed E-state index contributed by atoms with van der Waals surface area (Å²) < 4.78 is 27.8. The summed E-state index contributed by atoms with van der Waals surface area (Å²) in [5, 5.41) is 9.24. The maximum absolute atomic E-state index is 12.6. The van der Waals surface area contributed by atoms with E-state index in [1.54, 1.807) is 13.8 Å². The lowest BCUT2D eigenvalue weighted by molar-refractivity contribution is 0.541. The fraction of sp³-hybridized carbons (Fsp3) is 0.611. The van der Waals surface area contributed by atoms with Crippen LogP contribution in [0.4, 0.5) is 0 Å². The molecule has 0 fully saturated rings. The SMILES string of the molecule is CCCCCCCC(C#N)NS(=O)(=O)c1c(C)cc(C)cc1C. The smallest absolute Gasteiger partial charge is 0.207 e. The quantitative estimate of drug-likeness (QED) is 0.689. The van der Waals surface area contributed by atoms with Gasteiger partial charge >= 0.3 is 0 Å². The van der Waals surface area contributed by atoms with Gasteiger partial charge < -0.3 is 0 Å². The Labute approximate surface area is 141 Å². The van der Waals surface area contributed by atoms with Gasteiger partial charge in [-0.2, -0.15) is 9.98 Å². The van der Waals surface area contributed by atoms with Crippen LogP contribution in [0.1, 0.15) is 62.1 Å². The second-order valence-electron chi connectivity index (χ2n) is 6.23. The lowest BCUT2D eigenvalue weighted by Gasteiger charge is -2.16. The number of nitrogens with one attached hydrogen (secondary N) is 1. The Morgan fingerprint density at radius 3 is 2.17 bits per heavy atom. The summed E-state index contributed by atoms with van der Waals surface area (Å²) in [5.74, 6) is 0. The third kappa shape index (κ3) is 5.96. The van der Waals surface area contributed by atoms with Gasteiger partial charge in [-0.05, 0) is 38.3 Å².